The first-order chi connectivity index (χ1) is 7.63. The van der Waals surface area contributed by atoms with Crippen molar-refractivity contribution in [2.24, 2.45) is 5.84 Å². The van der Waals surface area contributed by atoms with Crippen LogP contribution in [0.4, 0.5) is 0 Å². The van der Waals surface area contributed by atoms with Crippen molar-refractivity contribution in [1.82, 2.24) is 5.01 Å². The van der Waals surface area contributed by atoms with Crippen LogP contribution < -0.4 is 5.84 Å². The zero-order valence-electron chi connectivity index (χ0n) is 9.10. The average Bonchev–Trinajstić information content (AvgIpc) is 2.30. The van der Waals surface area contributed by atoms with Crippen LogP contribution in [0.25, 0.3) is 0 Å². The summed E-state index contributed by atoms with van der Waals surface area (Å²) in [5, 5.41) is 10.2. The second-order valence-corrected chi connectivity index (χ2v) is 3.51. The van der Waals surface area contributed by atoms with E-state index in [9.17, 15) is 4.79 Å². The van der Waals surface area contributed by atoms with Gasteiger partial charge in [0.1, 0.15) is 5.75 Å². The molecule has 0 unspecified atom stereocenters. The van der Waals surface area contributed by atoms with Crippen molar-refractivity contribution >= 4 is 5.91 Å². The molecule has 4 nitrogen and oxygen atoms in total. The summed E-state index contributed by atoms with van der Waals surface area (Å²) < 4.78 is 0. The normalized spacial score (nSPS) is 9.81. The van der Waals surface area contributed by atoms with Crippen molar-refractivity contribution in [1.29, 1.82) is 0 Å². The first kappa shape index (κ1) is 12.3. The number of nitrogens with zero attached hydrogens (tertiary/aromatic N) is 1. The van der Waals surface area contributed by atoms with Crippen LogP contribution in [0.3, 0.4) is 0 Å². The minimum Gasteiger partial charge on any atom is -0.508 e. The molecule has 0 saturated carbocycles. The molecule has 0 aliphatic rings. The quantitative estimate of drug-likeness (QED) is 0.339. The molecule has 0 aliphatic heterocycles. The number of hydrazine groups is 1. The SMILES string of the molecule is C=CC(=O)N(N)CCCc1ccc(O)cc1. The van der Waals surface area contributed by atoms with E-state index in [4.69, 9.17) is 10.9 Å². The van der Waals surface area contributed by atoms with Crippen molar-refractivity contribution in [3.05, 3.63) is 42.5 Å². The summed E-state index contributed by atoms with van der Waals surface area (Å²) in [4.78, 5) is 11.0. The molecular formula is C12H16N2O2. The maximum atomic E-state index is 11.0. The van der Waals surface area contributed by atoms with E-state index in [-0.39, 0.29) is 11.7 Å². The van der Waals surface area contributed by atoms with E-state index in [2.05, 4.69) is 6.58 Å². The van der Waals surface area contributed by atoms with Crippen LogP contribution in [0.15, 0.2) is 36.9 Å². The molecule has 0 bridgehead atoms. The number of carbonyl (C=O) groups is 1. The average molecular weight is 220 g/mol. The Balaban J connectivity index is 2.33. The first-order valence-electron chi connectivity index (χ1n) is 5.10. The molecular weight excluding hydrogens is 204 g/mol. The molecule has 16 heavy (non-hydrogen) atoms. The summed E-state index contributed by atoms with van der Waals surface area (Å²) in [5.74, 6) is 5.47. The van der Waals surface area contributed by atoms with Gasteiger partial charge >= 0.3 is 0 Å². The van der Waals surface area contributed by atoms with Crippen molar-refractivity contribution < 1.29 is 9.90 Å². The predicted octanol–water partition coefficient (Wildman–Crippen LogP) is 1.21. The Kier molecular flexibility index (Phi) is 4.54. The summed E-state index contributed by atoms with van der Waals surface area (Å²) in [5.41, 5.74) is 1.11. The molecule has 0 fully saturated rings. The molecule has 1 amide bonds. The van der Waals surface area contributed by atoms with Gasteiger partial charge in [-0.25, -0.2) is 5.84 Å². The maximum Gasteiger partial charge on any atom is 0.259 e. The molecule has 1 aromatic rings. The number of phenols is 1. The van der Waals surface area contributed by atoms with Crippen molar-refractivity contribution in [2.45, 2.75) is 12.8 Å². The number of carbonyl (C=O) groups excluding carboxylic acids is 1. The van der Waals surface area contributed by atoms with E-state index in [1.165, 1.54) is 6.08 Å². The van der Waals surface area contributed by atoms with E-state index in [0.717, 1.165) is 23.4 Å². The van der Waals surface area contributed by atoms with Crippen LogP contribution in [0.5, 0.6) is 5.75 Å². The summed E-state index contributed by atoms with van der Waals surface area (Å²) in [7, 11) is 0. The number of amides is 1. The summed E-state index contributed by atoms with van der Waals surface area (Å²) in [6.45, 7) is 3.85. The number of phenolic OH excluding ortho intramolecular Hbond substituents is 1. The molecule has 0 saturated heterocycles. The van der Waals surface area contributed by atoms with Gasteiger partial charge in [0.15, 0.2) is 0 Å². The molecule has 4 heteroatoms. The fraction of sp³-hybridized carbons (Fsp3) is 0.250. The van der Waals surface area contributed by atoms with Gasteiger partial charge in [-0.3, -0.25) is 9.80 Å². The van der Waals surface area contributed by atoms with Gasteiger partial charge in [-0.2, -0.15) is 0 Å². The van der Waals surface area contributed by atoms with E-state index in [0.29, 0.717) is 6.54 Å². The number of hydrogen-bond acceptors (Lipinski definition) is 3. The summed E-state index contributed by atoms with van der Waals surface area (Å²) >= 11 is 0. The van der Waals surface area contributed by atoms with Gasteiger partial charge in [0.05, 0.1) is 0 Å². The minimum atomic E-state index is -0.272. The van der Waals surface area contributed by atoms with Crippen LogP contribution in [-0.4, -0.2) is 22.6 Å². The fourth-order valence-electron chi connectivity index (χ4n) is 1.34. The molecule has 0 radical (unpaired) electrons. The maximum absolute atomic E-state index is 11.0. The second kappa shape index (κ2) is 5.92. The zero-order chi connectivity index (χ0) is 12.0. The van der Waals surface area contributed by atoms with E-state index in [1.54, 1.807) is 12.1 Å². The van der Waals surface area contributed by atoms with Crippen molar-refractivity contribution in [2.75, 3.05) is 6.54 Å². The largest absolute Gasteiger partial charge is 0.508 e. The highest BCUT2D eigenvalue weighted by Gasteiger charge is 2.03. The van der Waals surface area contributed by atoms with Crippen LogP contribution in [-0.2, 0) is 11.2 Å². The number of nitrogens with two attached hydrogens (primary N) is 1. The van der Waals surface area contributed by atoms with Gasteiger partial charge in [0.25, 0.3) is 5.91 Å². The van der Waals surface area contributed by atoms with Crippen LogP contribution in [0.2, 0.25) is 0 Å². The standard InChI is InChI=1S/C12H16N2O2/c1-2-12(16)14(13)9-3-4-10-5-7-11(15)8-6-10/h2,5-8,15H,1,3-4,9,13H2. The number of rotatable bonds is 5. The van der Waals surface area contributed by atoms with E-state index < -0.39 is 0 Å². The molecule has 0 spiro atoms. The number of aryl methyl sites for hydroxylation is 1. The van der Waals surface area contributed by atoms with Crippen LogP contribution in [0.1, 0.15) is 12.0 Å². The van der Waals surface area contributed by atoms with Crippen molar-refractivity contribution in [3.8, 4) is 5.75 Å². The molecule has 86 valence electrons. The lowest BCUT2D eigenvalue weighted by Crippen LogP contribution is -2.36. The lowest BCUT2D eigenvalue weighted by Gasteiger charge is -2.13. The smallest absolute Gasteiger partial charge is 0.259 e. The van der Waals surface area contributed by atoms with Crippen LogP contribution >= 0.6 is 0 Å². The third-order valence-corrected chi connectivity index (χ3v) is 2.26. The molecule has 0 aromatic heterocycles. The van der Waals surface area contributed by atoms with Gasteiger partial charge in [-0.15, -0.1) is 0 Å². The highest BCUT2D eigenvalue weighted by Crippen LogP contribution is 2.11. The van der Waals surface area contributed by atoms with Crippen LogP contribution in [0, 0.1) is 0 Å². The van der Waals surface area contributed by atoms with Gasteiger partial charge in [-0.1, -0.05) is 18.7 Å². The van der Waals surface area contributed by atoms with Gasteiger partial charge in [0.2, 0.25) is 0 Å². The lowest BCUT2D eigenvalue weighted by molar-refractivity contribution is -0.126. The van der Waals surface area contributed by atoms with E-state index in [1.807, 2.05) is 12.1 Å². The molecule has 1 rings (SSSR count). The Labute approximate surface area is 95.0 Å². The predicted molar refractivity (Wildman–Crippen MR) is 62.5 cm³/mol. The number of hydrogen-bond donors (Lipinski definition) is 2. The molecule has 0 atom stereocenters. The first-order valence-corrected chi connectivity index (χ1v) is 5.10. The third kappa shape index (κ3) is 3.74. The molecule has 0 heterocycles. The van der Waals surface area contributed by atoms with Gasteiger partial charge in [0, 0.05) is 6.54 Å². The lowest BCUT2D eigenvalue weighted by atomic mass is 10.1. The number of aromatic hydroxyl groups is 1. The molecule has 0 aliphatic carbocycles. The zero-order valence-corrected chi connectivity index (χ0v) is 9.10. The molecule has 1 aromatic carbocycles. The Hall–Kier alpha value is -1.81. The molecule has 3 N–H and O–H groups in total. The number of benzene rings is 1. The summed E-state index contributed by atoms with van der Waals surface area (Å²) in [6.07, 6.45) is 2.79. The third-order valence-electron chi connectivity index (χ3n) is 2.26. The Bertz CT molecular complexity index is 360. The Morgan fingerprint density at radius 3 is 2.62 bits per heavy atom. The van der Waals surface area contributed by atoms with Crippen molar-refractivity contribution in [3.63, 3.8) is 0 Å². The highest BCUT2D eigenvalue weighted by atomic mass is 16.3. The minimum absolute atomic E-state index is 0.256. The topological polar surface area (TPSA) is 66.6 Å². The monoisotopic (exact) mass is 220 g/mol. The van der Waals surface area contributed by atoms with E-state index >= 15 is 0 Å². The summed E-state index contributed by atoms with van der Waals surface area (Å²) in [6, 6.07) is 6.99. The Morgan fingerprint density at radius 1 is 1.44 bits per heavy atom. The highest BCUT2D eigenvalue weighted by molar-refractivity contribution is 5.86. The fourth-order valence-corrected chi connectivity index (χ4v) is 1.34. The second-order valence-electron chi connectivity index (χ2n) is 3.51. The van der Waals surface area contributed by atoms with Gasteiger partial charge < -0.3 is 5.11 Å². The van der Waals surface area contributed by atoms with Gasteiger partial charge in [-0.05, 0) is 36.6 Å². The Morgan fingerprint density at radius 2 is 2.06 bits per heavy atom.